The molecule has 0 aliphatic heterocycles. The van der Waals surface area contributed by atoms with Gasteiger partial charge in [-0.3, -0.25) is 9.59 Å². The molecule has 1 heterocycles. The molecule has 0 saturated heterocycles. The Kier molecular flexibility index (Phi) is 4.82. The number of benzene rings is 1. The number of aromatic nitrogens is 1. The van der Waals surface area contributed by atoms with Crippen LogP contribution in [0.2, 0.25) is 5.02 Å². The average Bonchev–Trinajstić information content (AvgIpc) is 2.65. The van der Waals surface area contributed by atoms with E-state index in [1.54, 1.807) is 19.2 Å². The van der Waals surface area contributed by atoms with Gasteiger partial charge in [0.1, 0.15) is 23.1 Å². The molecule has 7 nitrogen and oxygen atoms in total. The van der Waals surface area contributed by atoms with Gasteiger partial charge in [0.15, 0.2) is 6.61 Å². The smallest absolute Gasteiger partial charge is 0.258 e. The van der Waals surface area contributed by atoms with Gasteiger partial charge in [0.2, 0.25) is 5.91 Å². The number of pyridine rings is 1. The third-order valence-electron chi connectivity index (χ3n) is 5.39. The van der Waals surface area contributed by atoms with Crippen molar-refractivity contribution in [3.63, 3.8) is 0 Å². The Hall–Kier alpha value is -2.87. The van der Waals surface area contributed by atoms with Crippen LogP contribution in [0, 0.1) is 11.2 Å². The minimum atomic E-state index is -0.608. The molecule has 29 heavy (non-hydrogen) atoms. The topological polar surface area (TPSA) is 89.6 Å². The van der Waals surface area contributed by atoms with Crippen molar-refractivity contribution in [2.45, 2.75) is 24.8 Å². The van der Waals surface area contributed by atoms with E-state index in [0.717, 1.165) is 6.07 Å². The summed E-state index contributed by atoms with van der Waals surface area (Å²) in [6.07, 6.45) is 3.25. The molecule has 0 radical (unpaired) electrons. The molecular formula is C20H19ClFN3O4. The van der Waals surface area contributed by atoms with Gasteiger partial charge in [-0.25, -0.2) is 9.37 Å². The van der Waals surface area contributed by atoms with Crippen LogP contribution in [0.4, 0.5) is 10.2 Å². The van der Waals surface area contributed by atoms with Gasteiger partial charge < -0.3 is 20.1 Å². The number of nitrogens with one attached hydrogen (secondary N) is 2. The van der Waals surface area contributed by atoms with Crippen LogP contribution in [0.3, 0.4) is 0 Å². The maximum atomic E-state index is 13.4. The zero-order valence-electron chi connectivity index (χ0n) is 15.6. The van der Waals surface area contributed by atoms with Gasteiger partial charge in [-0.1, -0.05) is 11.6 Å². The van der Waals surface area contributed by atoms with Crippen LogP contribution in [-0.2, 0) is 9.59 Å². The fourth-order valence-corrected chi connectivity index (χ4v) is 4.15. The number of nitrogens with zero attached hydrogens (tertiary/aromatic N) is 1. The lowest BCUT2D eigenvalue weighted by molar-refractivity contribution is -0.179. The van der Waals surface area contributed by atoms with Crippen molar-refractivity contribution >= 4 is 29.2 Å². The molecule has 1 aromatic heterocycles. The fourth-order valence-electron chi connectivity index (χ4n) is 4.03. The van der Waals surface area contributed by atoms with Crippen LogP contribution in [0.25, 0.3) is 0 Å². The quantitative estimate of drug-likeness (QED) is 0.720. The van der Waals surface area contributed by atoms with Crippen LogP contribution in [0.5, 0.6) is 11.5 Å². The summed E-state index contributed by atoms with van der Waals surface area (Å²) in [5, 5.41) is 5.72. The zero-order valence-corrected chi connectivity index (χ0v) is 16.4. The van der Waals surface area contributed by atoms with Gasteiger partial charge in [0, 0.05) is 11.6 Å². The highest BCUT2D eigenvalue weighted by Gasteiger charge is 2.72. The molecule has 2 N–H and O–H groups in total. The Labute approximate surface area is 171 Å². The highest BCUT2D eigenvalue weighted by Crippen LogP contribution is 2.67. The molecule has 5 rings (SSSR count). The van der Waals surface area contributed by atoms with E-state index in [2.05, 4.69) is 15.6 Å². The van der Waals surface area contributed by atoms with E-state index in [9.17, 15) is 14.0 Å². The van der Waals surface area contributed by atoms with E-state index in [4.69, 9.17) is 21.1 Å². The first-order valence-corrected chi connectivity index (χ1v) is 9.41. The van der Waals surface area contributed by atoms with Crippen LogP contribution < -0.4 is 20.1 Å². The number of carbonyl (C=O) groups is 2. The summed E-state index contributed by atoms with van der Waals surface area (Å²) in [5.41, 5.74) is -0.828. The fraction of sp³-hybridized carbons (Fsp3) is 0.350. The third kappa shape index (κ3) is 3.72. The Morgan fingerprint density at radius 1 is 1.21 bits per heavy atom. The molecule has 0 spiro atoms. The lowest BCUT2D eigenvalue weighted by Gasteiger charge is -2.69. The monoisotopic (exact) mass is 419 g/mol. The Balaban J connectivity index is 1.24. The number of carbonyl (C=O) groups excluding carboxylic acids is 2. The van der Waals surface area contributed by atoms with E-state index in [0.29, 0.717) is 30.8 Å². The minimum absolute atomic E-state index is 0.0101. The number of anilines is 1. The third-order valence-corrected chi connectivity index (χ3v) is 5.70. The molecule has 9 heteroatoms. The van der Waals surface area contributed by atoms with Gasteiger partial charge in [-0.05, 0) is 43.5 Å². The first-order chi connectivity index (χ1) is 13.8. The van der Waals surface area contributed by atoms with Gasteiger partial charge in [0.05, 0.1) is 23.7 Å². The molecule has 1 aromatic carbocycles. The zero-order chi connectivity index (χ0) is 20.6. The van der Waals surface area contributed by atoms with E-state index in [1.807, 2.05) is 0 Å². The van der Waals surface area contributed by atoms with Crippen LogP contribution in [0.15, 0.2) is 36.5 Å². The lowest BCUT2D eigenvalue weighted by Crippen LogP contribution is -2.78. The maximum Gasteiger partial charge on any atom is 0.258 e. The number of methoxy groups -OCH3 is 1. The summed E-state index contributed by atoms with van der Waals surface area (Å²) in [6.45, 7) is -0.238. The first-order valence-electron chi connectivity index (χ1n) is 9.04. The van der Waals surface area contributed by atoms with E-state index in [1.165, 1.54) is 18.3 Å². The van der Waals surface area contributed by atoms with Gasteiger partial charge in [-0.2, -0.15) is 0 Å². The summed E-state index contributed by atoms with van der Waals surface area (Å²) in [4.78, 5) is 28.8. The highest BCUT2D eigenvalue weighted by atomic mass is 35.5. The predicted molar refractivity (Wildman–Crippen MR) is 103 cm³/mol. The van der Waals surface area contributed by atoms with Crippen molar-refractivity contribution in [3.05, 3.63) is 47.4 Å². The molecule has 0 atom stereocenters. The van der Waals surface area contributed by atoms with E-state index >= 15 is 0 Å². The van der Waals surface area contributed by atoms with Crippen molar-refractivity contribution in [2.24, 2.45) is 5.41 Å². The minimum Gasteiger partial charge on any atom is -0.495 e. The number of halogens is 2. The van der Waals surface area contributed by atoms with Crippen molar-refractivity contribution in [2.75, 3.05) is 19.0 Å². The number of amides is 2. The molecule has 3 aliphatic carbocycles. The predicted octanol–water partition coefficient (Wildman–Crippen LogP) is 2.94. The van der Waals surface area contributed by atoms with Crippen molar-refractivity contribution in [3.8, 4) is 11.5 Å². The second-order valence-corrected chi connectivity index (χ2v) is 7.95. The maximum absolute atomic E-state index is 13.4. The SMILES string of the molecule is COc1ccc(NC(=O)C23CC(NC(=O)COc4ccc(Cl)c(F)c4)(C2)C3)nc1. The van der Waals surface area contributed by atoms with Crippen LogP contribution in [0.1, 0.15) is 19.3 Å². The Morgan fingerprint density at radius 3 is 2.55 bits per heavy atom. The lowest BCUT2D eigenvalue weighted by atomic mass is 9.39. The molecule has 3 aliphatic rings. The molecule has 3 saturated carbocycles. The van der Waals surface area contributed by atoms with Gasteiger partial charge >= 0.3 is 0 Å². The molecule has 2 amide bonds. The van der Waals surface area contributed by atoms with Crippen molar-refractivity contribution in [1.82, 2.24) is 10.3 Å². The number of ether oxygens (including phenoxy) is 2. The standard InChI is InChI=1S/C20H19ClFN3O4/c1-28-13-3-5-16(23-7-13)24-18(27)19-9-20(10-19,11-19)25-17(26)8-29-12-2-4-14(21)15(22)6-12/h2-7H,8-11H2,1H3,(H,25,26)(H,23,24,27). The average molecular weight is 420 g/mol. The van der Waals surface area contributed by atoms with Crippen LogP contribution >= 0.6 is 11.6 Å². The normalized spacial score (nSPS) is 24.0. The summed E-state index contributed by atoms with van der Waals surface area (Å²) in [5.74, 6) is 0.275. The number of hydrogen-bond donors (Lipinski definition) is 2. The Bertz CT molecular complexity index is 947. The first kappa shape index (κ1) is 19.4. The summed E-state index contributed by atoms with van der Waals surface area (Å²) >= 11 is 5.61. The number of rotatable bonds is 7. The van der Waals surface area contributed by atoms with Crippen LogP contribution in [-0.4, -0.2) is 36.1 Å². The second kappa shape index (κ2) is 7.18. The molecule has 0 unspecified atom stereocenters. The molecule has 152 valence electrons. The Morgan fingerprint density at radius 2 is 1.93 bits per heavy atom. The highest BCUT2D eigenvalue weighted by molar-refractivity contribution is 6.30. The number of hydrogen-bond acceptors (Lipinski definition) is 5. The molecule has 3 fully saturated rings. The summed E-state index contributed by atoms with van der Waals surface area (Å²) in [6, 6.07) is 7.39. The van der Waals surface area contributed by atoms with Crippen molar-refractivity contribution in [1.29, 1.82) is 0 Å². The van der Waals surface area contributed by atoms with Gasteiger partial charge in [-0.15, -0.1) is 0 Å². The van der Waals surface area contributed by atoms with E-state index in [-0.39, 0.29) is 34.7 Å². The molecular weight excluding hydrogens is 401 g/mol. The molecule has 2 bridgehead atoms. The van der Waals surface area contributed by atoms with E-state index < -0.39 is 11.2 Å². The summed E-state index contributed by atoms with van der Waals surface area (Å²) in [7, 11) is 1.55. The summed E-state index contributed by atoms with van der Waals surface area (Å²) < 4.78 is 23.7. The van der Waals surface area contributed by atoms with Gasteiger partial charge in [0.25, 0.3) is 5.91 Å². The second-order valence-electron chi connectivity index (χ2n) is 7.54. The molecule has 2 aromatic rings. The van der Waals surface area contributed by atoms with Crippen molar-refractivity contribution < 1.29 is 23.5 Å². The largest absolute Gasteiger partial charge is 0.495 e.